The van der Waals surface area contributed by atoms with Crippen LogP contribution in [0.5, 0.6) is 5.75 Å². The zero-order valence-electron chi connectivity index (χ0n) is 15.7. The summed E-state index contributed by atoms with van der Waals surface area (Å²) in [5, 5.41) is 8.03. The molecule has 138 valence electrons. The van der Waals surface area contributed by atoms with E-state index in [2.05, 4.69) is 24.3 Å². The second-order valence-electron chi connectivity index (χ2n) is 6.20. The molecule has 1 unspecified atom stereocenters. The Hall–Kier alpha value is -2.57. The lowest BCUT2D eigenvalue weighted by molar-refractivity contribution is 0.162. The number of hydrogen-bond donors (Lipinski definition) is 1. The van der Waals surface area contributed by atoms with Crippen molar-refractivity contribution in [3.05, 3.63) is 65.4 Å². The van der Waals surface area contributed by atoms with Crippen molar-refractivity contribution in [2.75, 3.05) is 14.2 Å². The van der Waals surface area contributed by atoms with E-state index in [1.165, 1.54) is 0 Å². The predicted octanol–water partition coefficient (Wildman–Crippen LogP) is 3.78. The summed E-state index contributed by atoms with van der Waals surface area (Å²) in [4.78, 5) is 0. The highest BCUT2D eigenvalue weighted by atomic mass is 16.5. The molecule has 0 saturated carbocycles. The molecule has 2 aromatic heterocycles. The van der Waals surface area contributed by atoms with Crippen LogP contribution in [0.15, 0.2) is 47.0 Å². The molecule has 2 heterocycles. The van der Waals surface area contributed by atoms with Crippen molar-refractivity contribution in [3.8, 4) is 11.4 Å². The van der Waals surface area contributed by atoms with Gasteiger partial charge >= 0.3 is 0 Å². The molecule has 0 aliphatic rings. The van der Waals surface area contributed by atoms with E-state index < -0.39 is 0 Å². The first-order chi connectivity index (χ1) is 12.6. The molecule has 26 heavy (non-hydrogen) atoms. The van der Waals surface area contributed by atoms with Crippen molar-refractivity contribution in [2.45, 2.75) is 33.0 Å². The van der Waals surface area contributed by atoms with E-state index in [9.17, 15) is 0 Å². The minimum atomic E-state index is 0.151. The van der Waals surface area contributed by atoms with Gasteiger partial charge in [-0.3, -0.25) is 0 Å². The average molecular weight is 355 g/mol. The summed E-state index contributed by atoms with van der Waals surface area (Å²) in [5.41, 5.74) is 3.27. The molecular formula is C20H25N3O3. The van der Waals surface area contributed by atoms with E-state index in [1.54, 1.807) is 14.2 Å². The average Bonchev–Trinajstić information content (AvgIpc) is 3.27. The largest absolute Gasteiger partial charge is 0.497 e. The molecule has 0 amide bonds. The van der Waals surface area contributed by atoms with Gasteiger partial charge in [-0.2, -0.15) is 5.10 Å². The fraction of sp³-hybridized carbons (Fsp3) is 0.350. The Bertz CT molecular complexity index is 836. The highest BCUT2D eigenvalue weighted by Gasteiger charge is 2.14. The van der Waals surface area contributed by atoms with Gasteiger partial charge in [-0.1, -0.05) is 0 Å². The molecule has 6 nitrogen and oxygen atoms in total. The molecule has 0 fully saturated rings. The number of aromatic nitrogens is 2. The van der Waals surface area contributed by atoms with Gasteiger partial charge in [-0.25, -0.2) is 4.68 Å². The summed E-state index contributed by atoms with van der Waals surface area (Å²) >= 11 is 0. The van der Waals surface area contributed by atoms with Gasteiger partial charge in [-0.15, -0.1) is 0 Å². The summed E-state index contributed by atoms with van der Waals surface area (Å²) in [7, 11) is 3.32. The van der Waals surface area contributed by atoms with Gasteiger partial charge in [0.25, 0.3) is 0 Å². The second kappa shape index (κ2) is 8.21. The Balaban J connectivity index is 1.67. The maximum absolute atomic E-state index is 5.72. The van der Waals surface area contributed by atoms with Crippen molar-refractivity contribution in [1.82, 2.24) is 15.1 Å². The van der Waals surface area contributed by atoms with Crippen LogP contribution in [0.2, 0.25) is 0 Å². The summed E-state index contributed by atoms with van der Waals surface area (Å²) < 4.78 is 17.9. The van der Waals surface area contributed by atoms with E-state index in [0.29, 0.717) is 13.2 Å². The third-order valence-corrected chi connectivity index (χ3v) is 4.42. The molecule has 3 aromatic rings. The Morgan fingerprint density at radius 2 is 1.85 bits per heavy atom. The van der Waals surface area contributed by atoms with E-state index in [4.69, 9.17) is 13.9 Å². The lowest BCUT2D eigenvalue weighted by atomic mass is 10.1. The van der Waals surface area contributed by atoms with Crippen LogP contribution in [0.25, 0.3) is 5.69 Å². The fourth-order valence-corrected chi connectivity index (χ4v) is 2.93. The Labute approximate surface area is 153 Å². The quantitative estimate of drug-likeness (QED) is 0.666. The van der Waals surface area contributed by atoms with Gasteiger partial charge in [0, 0.05) is 24.4 Å². The lowest BCUT2D eigenvalue weighted by Crippen LogP contribution is -2.18. The first kappa shape index (κ1) is 18.2. The second-order valence-corrected chi connectivity index (χ2v) is 6.20. The lowest BCUT2D eigenvalue weighted by Gasteiger charge is -2.13. The molecule has 3 rings (SSSR count). The predicted molar refractivity (Wildman–Crippen MR) is 99.5 cm³/mol. The van der Waals surface area contributed by atoms with Crippen LogP contribution in [0.1, 0.15) is 35.7 Å². The monoisotopic (exact) mass is 355 g/mol. The van der Waals surface area contributed by atoms with Crippen molar-refractivity contribution < 1.29 is 13.9 Å². The standard InChI is InChI=1S/C20H25N3O3/c1-14(21-11-18-9-10-19(26-18)13-24-3)20-12-22-23(15(20)2)16-5-7-17(25-4)8-6-16/h5-10,12,14,21H,11,13H2,1-4H3. The van der Waals surface area contributed by atoms with Crippen LogP contribution in [-0.4, -0.2) is 24.0 Å². The van der Waals surface area contributed by atoms with E-state index in [-0.39, 0.29) is 6.04 Å². The zero-order valence-corrected chi connectivity index (χ0v) is 15.7. The van der Waals surface area contributed by atoms with Gasteiger partial charge < -0.3 is 19.2 Å². The van der Waals surface area contributed by atoms with E-state index in [1.807, 2.05) is 47.3 Å². The van der Waals surface area contributed by atoms with Crippen LogP contribution in [0.3, 0.4) is 0 Å². The fourth-order valence-electron chi connectivity index (χ4n) is 2.93. The van der Waals surface area contributed by atoms with Crippen LogP contribution >= 0.6 is 0 Å². The SMILES string of the molecule is COCc1ccc(CNC(C)c2cnn(-c3ccc(OC)cc3)c2C)o1. The van der Waals surface area contributed by atoms with Crippen molar-refractivity contribution in [3.63, 3.8) is 0 Å². The first-order valence-corrected chi connectivity index (χ1v) is 8.61. The minimum absolute atomic E-state index is 0.151. The van der Waals surface area contributed by atoms with Gasteiger partial charge in [0.2, 0.25) is 0 Å². The third kappa shape index (κ3) is 3.98. The number of ether oxygens (including phenoxy) is 2. The topological polar surface area (TPSA) is 61.5 Å². The number of methoxy groups -OCH3 is 2. The maximum atomic E-state index is 5.72. The van der Waals surface area contributed by atoms with E-state index >= 15 is 0 Å². The van der Waals surface area contributed by atoms with Crippen LogP contribution < -0.4 is 10.1 Å². The molecular weight excluding hydrogens is 330 g/mol. The molecule has 1 N–H and O–H groups in total. The number of benzene rings is 1. The molecule has 0 bridgehead atoms. The van der Waals surface area contributed by atoms with Crippen LogP contribution in [0.4, 0.5) is 0 Å². The smallest absolute Gasteiger partial charge is 0.129 e. The summed E-state index contributed by atoms with van der Waals surface area (Å²) in [5.74, 6) is 2.56. The van der Waals surface area contributed by atoms with Gasteiger partial charge in [-0.05, 0) is 50.2 Å². The molecule has 0 saturated heterocycles. The molecule has 6 heteroatoms. The molecule has 0 aliphatic carbocycles. The normalized spacial score (nSPS) is 12.3. The Morgan fingerprint density at radius 3 is 2.54 bits per heavy atom. The molecule has 1 atom stereocenters. The number of rotatable bonds is 8. The van der Waals surface area contributed by atoms with Gasteiger partial charge in [0.15, 0.2) is 0 Å². The minimum Gasteiger partial charge on any atom is -0.497 e. The molecule has 0 radical (unpaired) electrons. The zero-order chi connectivity index (χ0) is 18.5. The summed E-state index contributed by atoms with van der Waals surface area (Å²) in [6.45, 7) is 5.34. The van der Waals surface area contributed by atoms with E-state index in [0.717, 1.165) is 34.2 Å². The van der Waals surface area contributed by atoms with Crippen LogP contribution in [0, 0.1) is 6.92 Å². The third-order valence-electron chi connectivity index (χ3n) is 4.42. The molecule has 0 aliphatic heterocycles. The van der Waals surface area contributed by atoms with Gasteiger partial charge in [0.1, 0.15) is 23.9 Å². The number of nitrogens with one attached hydrogen (secondary N) is 1. The summed E-state index contributed by atoms with van der Waals surface area (Å²) in [6.07, 6.45) is 1.91. The van der Waals surface area contributed by atoms with Crippen molar-refractivity contribution >= 4 is 0 Å². The first-order valence-electron chi connectivity index (χ1n) is 8.61. The highest BCUT2D eigenvalue weighted by Crippen LogP contribution is 2.22. The number of furan rings is 1. The maximum Gasteiger partial charge on any atom is 0.129 e. The Morgan fingerprint density at radius 1 is 1.12 bits per heavy atom. The highest BCUT2D eigenvalue weighted by molar-refractivity contribution is 5.39. The molecule has 0 spiro atoms. The van der Waals surface area contributed by atoms with Crippen molar-refractivity contribution in [1.29, 1.82) is 0 Å². The number of hydrogen-bond acceptors (Lipinski definition) is 5. The molecule has 1 aromatic carbocycles. The number of nitrogens with zero attached hydrogens (tertiary/aromatic N) is 2. The van der Waals surface area contributed by atoms with Crippen molar-refractivity contribution in [2.24, 2.45) is 0 Å². The van der Waals surface area contributed by atoms with Gasteiger partial charge in [0.05, 0.1) is 25.5 Å². The Kier molecular flexibility index (Phi) is 5.75. The van der Waals surface area contributed by atoms with Crippen LogP contribution in [-0.2, 0) is 17.9 Å². The summed E-state index contributed by atoms with van der Waals surface area (Å²) in [6, 6.07) is 11.9.